The van der Waals surface area contributed by atoms with Crippen molar-refractivity contribution in [2.75, 3.05) is 26.0 Å². The van der Waals surface area contributed by atoms with Gasteiger partial charge >= 0.3 is 0 Å². The molecule has 0 radical (unpaired) electrons. The number of nitrogen functional groups attached to an aromatic ring is 1. The maximum Gasteiger partial charge on any atom is 0.163 e. The van der Waals surface area contributed by atoms with Gasteiger partial charge in [-0.2, -0.15) is 0 Å². The molecule has 1 fully saturated rings. The Balaban J connectivity index is 1.76. The fourth-order valence-electron chi connectivity index (χ4n) is 2.67. The summed E-state index contributed by atoms with van der Waals surface area (Å²) in [5, 5.41) is 4.24. The van der Waals surface area contributed by atoms with Gasteiger partial charge in [0, 0.05) is 17.5 Å². The minimum Gasteiger partial charge on any atom is -0.493 e. The van der Waals surface area contributed by atoms with Crippen molar-refractivity contribution in [1.82, 2.24) is 15.3 Å². The molecule has 1 aromatic carbocycles. The fraction of sp³-hybridized carbons (Fsp3) is 0.467. The standard InChI is InChI=1S/C15H20N4O2/c1-20-13-7-11-12(18-9-19-15(11)16)8-14(13)21-6-4-10-3-2-5-17-10/h7-10,17H,2-6H2,1H3,(H2,16,18,19). The lowest BCUT2D eigenvalue weighted by Crippen LogP contribution is -2.23. The second-order valence-corrected chi connectivity index (χ2v) is 5.21. The summed E-state index contributed by atoms with van der Waals surface area (Å²) in [6.45, 7) is 1.76. The molecule has 3 rings (SSSR count). The first kappa shape index (κ1) is 13.9. The van der Waals surface area contributed by atoms with E-state index in [2.05, 4.69) is 15.3 Å². The zero-order chi connectivity index (χ0) is 14.7. The highest BCUT2D eigenvalue weighted by Crippen LogP contribution is 2.33. The Morgan fingerprint density at radius 2 is 2.24 bits per heavy atom. The monoisotopic (exact) mass is 288 g/mol. The van der Waals surface area contributed by atoms with Gasteiger partial charge in [0.2, 0.25) is 0 Å². The number of methoxy groups -OCH3 is 1. The van der Waals surface area contributed by atoms with Crippen LogP contribution in [0.4, 0.5) is 5.82 Å². The lowest BCUT2D eigenvalue weighted by Gasteiger charge is -2.14. The van der Waals surface area contributed by atoms with E-state index in [9.17, 15) is 0 Å². The minimum absolute atomic E-state index is 0.444. The number of hydrogen-bond acceptors (Lipinski definition) is 6. The van der Waals surface area contributed by atoms with Gasteiger partial charge in [-0.3, -0.25) is 0 Å². The molecule has 1 aromatic heterocycles. The molecule has 0 spiro atoms. The molecule has 1 aliphatic heterocycles. The van der Waals surface area contributed by atoms with Crippen LogP contribution >= 0.6 is 0 Å². The van der Waals surface area contributed by atoms with E-state index in [1.54, 1.807) is 7.11 Å². The molecule has 1 atom stereocenters. The summed E-state index contributed by atoms with van der Waals surface area (Å²) < 4.78 is 11.3. The molecule has 1 saturated heterocycles. The van der Waals surface area contributed by atoms with Gasteiger partial charge in [-0.05, 0) is 31.9 Å². The Morgan fingerprint density at radius 3 is 3.00 bits per heavy atom. The molecule has 6 nitrogen and oxygen atoms in total. The molecular formula is C15H20N4O2. The number of anilines is 1. The molecule has 1 aliphatic rings. The van der Waals surface area contributed by atoms with Crippen LogP contribution in [-0.2, 0) is 0 Å². The van der Waals surface area contributed by atoms with Crippen LogP contribution < -0.4 is 20.5 Å². The topological polar surface area (TPSA) is 82.3 Å². The second-order valence-electron chi connectivity index (χ2n) is 5.21. The minimum atomic E-state index is 0.444. The van der Waals surface area contributed by atoms with Crippen molar-refractivity contribution >= 4 is 16.7 Å². The predicted molar refractivity (Wildman–Crippen MR) is 81.6 cm³/mol. The highest BCUT2D eigenvalue weighted by atomic mass is 16.5. The third-order valence-electron chi connectivity index (χ3n) is 3.84. The van der Waals surface area contributed by atoms with Gasteiger partial charge in [0.25, 0.3) is 0 Å². The lowest BCUT2D eigenvalue weighted by atomic mass is 10.2. The van der Waals surface area contributed by atoms with E-state index in [-0.39, 0.29) is 0 Å². The van der Waals surface area contributed by atoms with Crippen molar-refractivity contribution in [2.45, 2.75) is 25.3 Å². The van der Waals surface area contributed by atoms with E-state index in [1.165, 1.54) is 19.2 Å². The Morgan fingerprint density at radius 1 is 1.33 bits per heavy atom. The first-order valence-electron chi connectivity index (χ1n) is 7.22. The Kier molecular flexibility index (Phi) is 4.06. The molecule has 0 bridgehead atoms. The number of ether oxygens (including phenoxy) is 2. The Hall–Kier alpha value is -2.08. The maximum absolute atomic E-state index is 5.87. The summed E-state index contributed by atoms with van der Waals surface area (Å²) >= 11 is 0. The average Bonchev–Trinajstić information content (AvgIpc) is 3.00. The Labute approximate surface area is 123 Å². The predicted octanol–water partition coefficient (Wildman–Crippen LogP) is 1.74. The van der Waals surface area contributed by atoms with Gasteiger partial charge in [-0.1, -0.05) is 0 Å². The van der Waals surface area contributed by atoms with Crippen LogP contribution in [0, 0.1) is 0 Å². The molecule has 2 heterocycles. The van der Waals surface area contributed by atoms with Gasteiger partial charge in [0.05, 0.1) is 19.2 Å². The quantitative estimate of drug-likeness (QED) is 0.872. The SMILES string of the molecule is COc1cc2c(N)ncnc2cc1OCCC1CCCN1. The summed E-state index contributed by atoms with van der Waals surface area (Å²) in [6, 6.07) is 4.25. The summed E-state index contributed by atoms with van der Waals surface area (Å²) in [6.07, 6.45) is 4.92. The van der Waals surface area contributed by atoms with Crippen molar-refractivity contribution in [3.63, 3.8) is 0 Å². The highest BCUT2D eigenvalue weighted by Gasteiger charge is 2.15. The van der Waals surface area contributed by atoms with Crippen LogP contribution in [0.15, 0.2) is 18.5 Å². The van der Waals surface area contributed by atoms with Gasteiger partial charge < -0.3 is 20.5 Å². The van der Waals surface area contributed by atoms with Crippen LogP contribution in [0.5, 0.6) is 11.5 Å². The van der Waals surface area contributed by atoms with Crippen LogP contribution in [0.2, 0.25) is 0 Å². The number of fused-ring (bicyclic) bond motifs is 1. The fourth-order valence-corrected chi connectivity index (χ4v) is 2.67. The zero-order valence-electron chi connectivity index (χ0n) is 12.1. The van der Waals surface area contributed by atoms with E-state index in [1.807, 2.05) is 12.1 Å². The highest BCUT2D eigenvalue weighted by molar-refractivity contribution is 5.90. The van der Waals surface area contributed by atoms with E-state index >= 15 is 0 Å². The van der Waals surface area contributed by atoms with Crippen molar-refractivity contribution in [3.05, 3.63) is 18.5 Å². The summed E-state index contributed by atoms with van der Waals surface area (Å²) in [5.41, 5.74) is 6.62. The van der Waals surface area contributed by atoms with Crippen LogP contribution in [-0.4, -0.2) is 36.3 Å². The van der Waals surface area contributed by atoms with Crippen LogP contribution in [0.3, 0.4) is 0 Å². The van der Waals surface area contributed by atoms with E-state index in [4.69, 9.17) is 15.2 Å². The number of rotatable bonds is 5. The molecule has 112 valence electrons. The van der Waals surface area contributed by atoms with Crippen LogP contribution in [0.25, 0.3) is 10.9 Å². The number of nitrogens with two attached hydrogens (primary N) is 1. The maximum atomic E-state index is 5.87. The summed E-state index contributed by atoms with van der Waals surface area (Å²) in [7, 11) is 1.62. The third kappa shape index (κ3) is 3.00. The molecule has 6 heteroatoms. The second kappa shape index (κ2) is 6.13. The van der Waals surface area contributed by atoms with Crippen molar-refractivity contribution in [3.8, 4) is 11.5 Å². The molecule has 2 aromatic rings. The Bertz CT molecular complexity index is 626. The normalized spacial score (nSPS) is 18.0. The van der Waals surface area contributed by atoms with Crippen molar-refractivity contribution in [1.29, 1.82) is 0 Å². The summed E-state index contributed by atoms with van der Waals surface area (Å²) in [5.74, 6) is 1.80. The average molecular weight is 288 g/mol. The molecule has 3 N–H and O–H groups in total. The van der Waals surface area contributed by atoms with E-state index in [0.717, 1.165) is 23.9 Å². The first-order chi connectivity index (χ1) is 10.3. The lowest BCUT2D eigenvalue weighted by molar-refractivity contribution is 0.276. The van der Waals surface area contributed by atoms with E-state index in [0.29, 0.717) is 30.0 Å². The largest absolute Gasteiger partial charge is 0.493 e. The molecule has 0 saturated carbocycles. The molecule has 21 heavy (non-hydrogen) atoms. The van der Waals surface area contributed by atoms with Crippen molar-refractivity contribution in [2.24, 2.45) is 0 Å². The number of nitrogens with one attached hydrogen (secondary N) is 1. The zero-order valence-corrected chi connectivity index (χ0v) is 12.1. The van der Waals surface area contributed by atoms with Crippen molar-refractivity contribution < 1.29 is 9.47 Å². The van der Waals surface area contributed by atoms with Gasteiger partial charge in [-0.15, -0.1) is 0 Å². The van der Waals surface area contributed by atoms with Gasteiger partial charge in [-0.25, -0.2) is 9.97 Å². The number of nitrogens with zero attached hydrogens (tertiary/aromatic N) is 2. The number of benzene rings is 1. The molecule has 0 aliphatic carbocycles. The van der Waals surface area contributed by atoms with E-state index < -0.39 is 0 Å². The third-order valence-corrected chi connectivity index (χ3v) is 3.84. The molecule has 1 unspecified atom stereocenters. The molecular weight excluding hydrogens is 268 g/mol. The van der Waals surface area contributed by atoms with Crippen LogP contribution in [0.1, 0.15) is 19.3 Å². The first-order valence-corrected chi connectivity index (χ1v) is 7.22. The van der Waals surface area contributed by atoms with Gasteiger partial charge in [0.1, 0.15) is 12.1 Å². The summed E-state index contributed by atoms with van der Waals surface area (Å²) in [4.78, 5) is 8.21. The smallest absolute Gasteiger partial charge is 0.163 e. The number of hydrogen-bond donors (Lipinski definition) is 2. The molecule has 0 amide bonds. The van der Waals surface area contributed by atoms with Gasteiger partial charge in [0.15, 0.2) is 11.5 Å². The number of aromatic nitrogens is 2.